The molecule has 0 N–H and O–H groups in total. The van der Waals surface area contributed by atoms with Crippen molar-refractivity contribution in [1.82, 2.24) is 4.90 Å². The molecule has 0 amide bonds. The number of hydrogen-bond acceptors (Lipinski definition) is 1. The Bertz CT molecular complexity index is 116. The van der Waals surface area contributed by atoms with Crippen molar-refractivity contribution in [3.05, 3.63) is 0 Å². The Kier molecular flexibility index (Phi) is 5.01. The second-order valence-electron chi connectivity index (χ2n) is 3.78. The quantitative estimate of drug-likeness (QED) is 0.618. The molecule has 1 atom stereocenters. The molecule has 12 heavy (non-hydrogen) atoms. The van der Waals surface area contributed by atoms with E-state index in [1.165, 1.54) is 38.8 Å². The van der Waals surface area contributed by atoms with Crippen molar-refractivity contribution in [1.29, 1.82) is 0 Å². The minimum absolute atomic E-state index is 0.788. The zero-order valence-corrected chi connectivity index (χ0v) is 8.82. The summed E-state index contributed by atoms with van der Waals surface area (Å²) in [5.74, 6) is 0.809. The van der Waals surface area contributed by atoms with E-state index in [0.29, 0.717) is 0 Å². The van der Waals surface area contributed by atoms with Gasteiger partial charge in [0.15, 0.2) is 0 Å². The highest BCUT2D eigenvalue weighted by atomic mass is 35.5. The molecule has 2 heteroatoms. The summed E-state index contributed by atoms with van der Waals surface area (Å²) < 4.78 is 0. The van der Waals surface area contributed by atoms with Crippen LogP contribution in [0.25, 0.3) is 0 Å². The summed E-state index contributed by atoms with van der Waals surface area (Å²) in [4.78, 5) is 2.59. The van der Waals surface area contributed by atoms with Gasteiger partial charge in [-0.05, 0) is 39.3 Å². The van der Waals surface area contributed by atoms with E-state index in [2.05, 4.69) is 11.8 Å². The Hall–Kier alpha value is 0.250. The molecule has 1 unspecified atom stereocenters. The van der Waals surface area contributed by atoms with E-state index in [0.717, 1.165) is 18.3 Å². The van der Waals surface area contributed by atoms with Crippen LogP contribution >= 0.6 is 11.6 Å². The fourth-order valence-corrected chi connectivity index (χ4v) is 2.05. The first-order chi connectivity index (χ1) is 5.84. The van der Waals surface area contributed by atoms with Crippen LogP contribution in [0.3, 0.4) is 0 Å². The van der Waals surface area contributed by atoms with Gasteiger partial charge in [0.25, 0.3) is 0 Å². The van der Waals surface area contributed by atoms with Gasteiger partial charge in [-0.1, -0.05) is 12.8 Å². The van der Waals surface area contributed by atoms with Crippen LogP contribution in [0.4, 0.5) is 0 Å². The van der Waals surface area contributed by atoms with Crippen LogP contribution in [0.1, 0.15) is 39.0 Å². The molecule has 1 saturated heterocycles. The van der Waals surface area contributed by atoms with E-state index in [9.17, 15) is 0 Å². The highest BCUT2D eigenvalue weighted by Crippen LogP contribution is 2.16. The molecule has 1 fully saturated rings. The Balaban J connectivity index is 2.26. The van der Waals surface area contributed by atoms with E-state index < -0.39 is 0 Å². The van der Waals surface area contributed by atoms with E-state index >= 15 is 0 Å². The summed E-state index contributed by atoms with van der Waals surface area (Å²) in [5.41, 5.74) is 0. The summed E-state index contributed by atoms with van der Waals surface area (Å²) in [6, 6.07) is 0.788. The lowest BCUT2D eigenvalue weighted by atomic mass is 10.1. The maximum atomic E-state index is 5.68. The molecule has 0 aromatic rings. The molecule has 1 heterocycles. The average molecular weight is 190 g/mol. The Morgan fingerprint density at radius 3 is 2.92 bits per heavy atom. The van der Waals surface area contributed by atoms with Crippen LogP contribution in [0.2, 0.25) is 0 Å². The molecule has 0 aromatic heterocycles. The van der Waals surface area contributed by atoms with E-state index in [4.69, 9.17) is 11.6 Å². The molecule has 0 spiro atoms. The predicted octanol–water partition coefficient (Wildman–Crippen LogP) is 2.88. The smallest absolute Gasteiger partial charge is 0.0235 e. The zero-order valence-electron chi connectivity index (χ0n) is 8.06. The van der Waals surface area contributed by atoms with Gasteiger partial charge in [0.2, 0.25) is 0 Å². The number of hydrogen-bond donors (Lipinski definition) is 0. The zero-order chi connectivity index (χ0) is 8.81. The Labute approximate surface area is 81.1 Å². The van der Waals surface area contributed by atoms with Crippen molar-refractivity contribution in [3.8, 4) is 0 Å². The molecule has 1 nitrogen and oxygen atoms in total. The summed E-state index contributed by atoms with van der Waals surface area (Å²) >= 11 is 5.68. The molecule has 0 radical (unpaired) electrons. The van der Waals surface area contributed by atoms with Gasteiger partial charge in [0, 0.05) is 11.9 Å². The lowest BCUT2D eigenvalue weighted by Crippen LogP contribution is -2.33. The fourth-order valence-electron chi connectivity index (χ4n) is 1.93. The lowest BCUT2D eigenvalue weighted by molar-refractivity contribution is 0.214. The SMILES string of the molecule is CC1CCCCCN1CCCCl. The maximum absolute atomic E-state index is 5.68. The second kappa shape index (κ2) is 5.82. The van der Waals surface area contributed by atoms with E-state index in [-0.39, 0.29) is 0 Å². The first-order valence-electron chi connectivity index (χ1n) is 5.14. The summed E-state index contributed by atoms with van der Waals surface area (Å²) in [6.45, 7) is 4.84. The van der Waals surface area contributed by atoms with Crippen LogP contribution in [-0.2, 0) is 0 Å². The van der Waals surface area contributed by atoms with Crippen molar-refractivity contribution >= 4 is 11.6 Å². The number of nitrogens with zero attached hydrogens (tertiary/aromatic N) is 1. The Morgan fingerprint density at radius 1 is 1.33 bits per heavy atom. The number of rotatable bonds is 3. The number of likely N-dealkylation sites (tertiary alicyclic amines) is 1. The molecule has 1 aliphatic rings. The predicted molar refractivity (Wildman–Crippen MR) is 54.8 cm³/mol. The fraction of sp³-hybridized carbons (Fsp3) is 1.00. The molecular weight excluding hydrogens is 170 g/mol. The van der Waals surface area contributed by atoms with Gasteiger partial charge in [-0.15, -0.1) is 11.6 Å². The molecular formula is C10H20ClN. The second-order valence-corrected chi connectivity index (χ2v) is 4.15. The van der Waals surface area contributed by atoms with Gasteiger partial charge in [-0.3, -0.25) is 0 Å². The van der Waals surface area contributed by atoms with Crippen molar-refractivity contribution in [2.75, 3.05) is 19.0 Å². The highest BCUT2D eigenvalue weighted by Gasteiger charge is 2.15. The minimum atomic E-state index is 0.788. The average Bonchev–Trinajstić information content (AvgIpc) is 2.27. The van der Waals surface area contributed by atoms with Gasteiger partial charge in [-0.2, -0.15) is 0 Å². The van der Waals surface area contributed by atoms with Crippen molar-refractivity contribution in [3.63, 3.8) is 0 Å². The molecule has 1 aliphatic heterocycles. The molecule has 72 valence electrons. The molecule has 0 bridgehead atoms. The van der Waals surface area contributed by atoms with Gasteiger partial charge in [0.05, 0.1) is 0 Å². The van der Waals surface area contributed by atoms with Crippen LogP contribution in [-0.4, -0.2) is 29.9 Å². The summed E-state index contributed by atoms with van der Waals surface area (Å²) in [7, 11) is 0. The van der Waals surface area contributed by atoms with E-state index in [1.54, 1.807) is 0 Å². The third-order valence-corrected chi connectivity index (χ3v) is 3.04. The highest BCUT2D eigenvalue weighted by molar-refractivity contribution is 6.17. The van der Waals surface area contributed by atoms with Gasteiger partial charge in [-0.25, -0.2) is 0 Å². The number of halogens is 1. The topological polar surface area (TPSA) is 3.24 Å². The van der Waals surface area contributed by atoms with Crippen molar-refractivity contribution in [2.45, 2.75) is 45.1 Å². The van der Waals surface area contributed by atoms with Crippen molar-refractivity contribution < 1.29 is 0 Å². The minimum Gasteiger partial charge on any atom is -0.301 e. The lowest BCUT2D eigenvalue weighted by Gasteiger charge is -2.26. The standard InChI is InChI=1S/C10H20ClN/c1-10-6-3-2-4-8-12(10)9-5-7-11/h10H,2-9H2,1H3. The third-order valence-electron chi connectivity index (χ3n) is 2.77. The first-order valence-corrected chi connectivity index (χ1v) is 5.68. The molecule has 0 saturated carbocycles. The van der Waals surface area contributed by atoms with Gasteiger partial charge < -0.3 is 4.90 Å². The van der Waals surface area contributed by atoms with Crippen LogP contribution < -0.4 is 0 Å². The molecule has 0 aromatic carbocycles. The van der Waals surface area contributed by atoms with Crippen molar-refractivity contribution in [2.24, 2.45) is 0 Å². The number of alkyl halides is 1. The largest absolute Gasteiger partial charge is 0.301 e. The Morgan fingerprint density at radius 2 is 2.17 bits per heavy atom. The molecule has 0 aliphatic carbocycles. The first kappa shape index (κ1) is 10.3. The third kappa shape index (κ3) is 3.32. The monoisotopic (exact) mass is 189 g/mol. The van der Waals surface area contributed by atoms with Crippen LogP contribution in [0.15, 0.2) is 0 Å². The summed E-state index contributed by atoms with van der Waals surface area (Å²) in [6.07, 6.45) is 6.74. The van der Waals surface area contributed by atoms with Crippen LogP contribution in [0.5, 0.6) is 0 Å². The normalized spacial score (nSPS) is 27.0. The van der Waals surface area contributed by atoms with E-state index in [1.807, 2.05) is 0 Å². The molecule has 1 rings (SSSR count). The van der Waals surface area contributed by atoms with Gasteiger partial charge >= 0.3 is 0 Å². The van der Waals surface area contributed by atoms with Crippen LogP contribution in [0, 0.1) is 0 Å². The maximum Gasteiger partial charge on any atom is 0.0235 e. The summed E-state index contributed by atoms with van der Waals surface area (Å²) in [5, 5.41) is 0. The van der Waals surface area contributed by atoms with Gasteiger partial charge in [0.1, 0.15) is 0 Å².